The summed E-state index contributed by atoms with van der Waals surface area (Å²) < 4.78 is 129. The number of hydrogen-bond donors (Lipinski definition) is 0. The third-order valence-corrected chi connectivity index (χ3v) is 7.35. The number of hydrogen-bond acceptors (Lipinski definition) is 0. The molecule has 31 heavy (non-hydrogen) atoms. The summed E-state index contributed by atoms with van der Waals surface area (Å²) in [4.78, 5) is 0. The quantitative estimate of drug-likeness (QED) is 0.0918. The van der Waals surface area contributed by atoms with Gasteiger partial charge in [-0.1, -0.05) is 58.8 Å². The minimum absolute atomic E-state index is 0.406. The van der Waals surface area contributed by atoms with Gasteiger partial charge in [0.15, 0.2) is 6.17 Å². The van der Waals surface area contributed by atoms with Crippen molar-refractivity contribution < 1.29 is 43.9 Å². The number of halogens is 13. The topological polar surface area (TPSA) is 0 Å². The Balaban J connectivity index is 0. The zero-order chi connectivity index (χ0) is 25.1. The van der Waals surface area contributed by atoms with Crippen LogP contribution < -0.4 is 0 Å². The van der Waals surface area contributed by atoms with Crippen LogP contribution in [0.1, 0.15) is 78.1 Å². The van der Waals surface area contributed by atoms with E-state index in [0.717, 1.165) is 0 Å². The summed E-state index contributed by atoms with van der Waals surface area (Å²) in [7, 11) is 0. The fourth-order valence-corrected chi connectivity index (χ4v) is 3.86. The van der Waals surface area contributed by atoms with Crippen LogP contribution in [0.3, 0.4) is 0 Å². The van der Waals surface area contributed by atoms with E-state index in [9.17, 15) is 43.9 Å². The highest BCUT2D eigenvalue weighted by molar-refractivity contribution is 7.65. The largest absolute Gasteiger partial charge is 0.424 e. The summed E-state index contributed by atoms with van der Waals surface area (Å²) in [5, 5.41) is 0. The Hall–Kier alpha value is 0.387. The Morgan fingerprint density at radius 1 is 0.677 bits per heavy atom. The molecule has 0 heterocycles. The fourth-order valence-electron chi connectivity index (χ4n) is 2.27. The van der Waals surface area contributed by atoms with Gasteiger partial charge in [-0.2, -0.15) is 39.5 Å². The standard InChI is InChI=1S/C10H11Cl3F10Si.C7H16/c11-24(12,13)10(22,23)9(20,21)8(18,19)6(14)4-2-1-3-5-7(15,16)17;1-3-5-7-6-4-2/h6H,1-5H2;3-7H2,1-2H3. The molecule has 0 bridgehead atoms. The summed E-state index contributed by atoms with van der Waals surface area (Å²) in [6, 6.07) is -5.68. The van der Waals surface area contributed by atoms with Gasteiger partial charge in [0.1, 0.15) is 0 Å². The van der Waals surface area contributed by atoms with E-state index in [1.54, 1.807) is 0 Å². The Bertz CT molecular complexity index is 478. The van der Waals surface area contributed by atoms with E-state index < -0.39 is 67.8 Å². The second-order valence-corrected chi connectivity index (χ2v) is 15.5. The van der Waals surface area contributed by atoms with Gasteiger partial charge in [0, 0.05) is 6.42 Å². The van der Waals surface area contributed by atoms with Gasteiger partial charge in [-0.25, -0.2) is 4.39 Å². The first-order chi connectivity index (χ1) is 13.8. The molecule has 0 rings (SSSR count). The first kappa shape index (κ1) is 33.6. The summed E-state index contributed by atoms with van der Waals surface area (Å²) in [5.74, 6) is -12.1. The fraction of sp³-hybridized carbons (Fsp3) is 1.00. The molecule has 14 heteroatoms. The first-order valence-electron chi connectivity index (χ1n) is 9.70. The van der Waals surface area contributed by atoms with Gasteiger partial charge in [-0.15, -0.1) is 33.2 Å². The molecule has 0 spiro atoms. The molecule has 0 N–H and O–H groups in total. The van der Waals surface area contributed by atoms with E-state index in [2.05, 4.69) is 47.1 Å². The third kappa shape index (κ3) is 11.4. The average molecular weight is 556 g/mol. The minimum Gasteiger partial charge on any atom is -0.241 e. The van der Waals surface area contributed by atoms with Crippen LogP contribution in [0.4, 0.5) is 43.9 Å². The molecular formula is C17H27Cl3F10Si. The van der Waals surface area contributed by atoms with Crippen molar-refractivity contribution in [1.29, 1.82) is 0 Å². The maximum Gasteiger partial charge on any atom is 0.424 e. The molecule has 0 nitrogen and oxygen atoms in total. The zero-order valence-corrected chi connectivity index (χ0v) is 20.3. The van der Waals surface area contributed by atoms with Crippen LogP contribution >= 0.6 is 33.2 Å². The summed E-state index contributed by atoms with van der Waals surface area (Å²) in [6.07, 6.45) is -5.46. The second-order valence-electron chi connectivity index (χ2n) is 7.01. The summed E-state index contributed by atoms with van der Waals surface area (Å²) in [5.41, 5.74) is -5.76. The molecule has 0 radical (unpaired) electrons. The lowest BCUT2D eigenvalue weighted by atomic mass is 10.0. The van der Waals surface area contributed by atoms with E-state index in [-0.39, 0.29) is 0 Å². The van der Waals surface area contributed by atoms with E-state index in [1.807, 2.05) is 0 Å². The van der Waals surface area contributed by atoms with Crippen LogP contribution in [-0.4, -0.2) is 35.7 Å². The smallest absolute Gasteiger partial charge is 0.241 e. The van der Waals surface area contributed by atoms with Crippen molar-refractivity contribution >= 4 is 39.2 Å². The van der Waals surface area contributed by atoms with Crippen LogP contribution in [0.15, 0.2) is 0 Å². The van der Waals surface area contributed by atoms with Crippen LogP contribution in [0.2, 0.25) is 0 Å². The Morgan fingerprint density at radius 2 is 1.10 bits per heavy atom. The van der Waals surface area contributed by atoms with Crippen LogP contribution in [0, 0.1) is 0 Å². The van der Waals surface area contributed by atoms with Crippen molar-refractivity contribution in [3.8, 4) is 0 Å². The number of alkyl halides is 10. The normalized spacial score (nSPS) is 14.8. The second kappa shape index (κ2) is 13.9. The van der Waals surface area contributed by atoms with Crippen LogP contribution in [0.25, 0.3) is 0 Å². The molecule has 0 aromatic heterocycles. The van der Waals surface area contributed by atoms with Gasteiger partial charge in [-0.3, -0.25) is 0 Å². The number of unbranched alkanes of at least 4 members (excludes halogenated alkanes) is 6. The highest BCUT2D eigenvalue weighted by atomic mass is 35.8. The van der Waals surface area contributed by atoms with Gasteiger partial charge in [-0.05, 0) is 12.8 Å². The maximum atomic E-state index is 13.4. The molecule has 0 saturated carbocycles. The monoisotopic (exact) mass is 554 g/mol. The maximum absolute atomic E-state index is 13.4. The molecule has 0 fully saturated rings. The van der Waals surface area contributed by atoms with Crippen LogP contribution in [0.5, 0.6) is 0 Å². The first-order valence-corrected chi connectivity index (χ1v) is 14.7. The van der Waals surface area contributed by atoms with Crippen molar-refractivity contribution in [1.82, 2.24) is 0 Å². The molecular weight excluding hydrogens is 529 g/mol. The molecule has 0 aromatic carbocycles. The highest BCUT2D eigenvalue weighted by Crippen LogP contribution is 2.55. The Labute approximate surface area is 191 Å². The molecule has 0 aliphatic rings. The zero-order valence-electron chi connectivity index (χ0n) is 17.1. The van der Waals surface area contributed by atoms with E-state index in [0.29, 0.717) is 0 Å². The Kier molecular flexibility index (Phi) is 15.1. The molecule has 1 atom stereocenters. The Morgan fingerprint density at radius 3 is 1.45 bits per heavy atom. The molecule has 0 amide bonds. The van der Waals surface area contributed by atoms with Crippen molar-refractivity contribution in [2.45, 2.75) is 108 Å². The summed E-state index contributed by atoms with van der Waals surface area (Å²) in [6.45, 7) is 4.49. The van der Waals surface area contributed by atoms with Crippen LogP contribution in [-0.2, 0) is 0 Å². The lowest BCUT2D eigenvalue weighted by molar-refractivity contribution is -0.301. The van der Waals surface area contributed by atoms with Crippen molar-refractivity contribution in [2.24, 2.45) is 0 Å². The SMILES string of the molecule is CCCCCCC.FC(CCCCCC(F)(F)F)C(F)(F)C(F)(F)C(F)(F)[Si](Cl)(Cl)Cl. The van der Waals surface area contributed by atoms with Gasteiger partial charge < -0.3 is 0 Å². The van der Waals surface area contributed by atoms with Crippen molar-refractivity contribution in [2.75, 3.05) is 0 Å². The van der Waals surface area contributed by atoms with Gasteiger partial charge in [0.25, 0.3) is 0 Å². The number of rotatable bonds is 13. The van der Waals surface area contributed by atoms with Crippen molar-refractivity contribution in [3.63, 3.8) is 0 Å². The van der Waals surface area contributed by atoms with E-state index in [4.69, 9.17) is 0 Å². The molecule has 0 aliphatic heterocycles. The van der Waals surface area contributed by atoms with E-state index in [1.165, 1.54) is 32.1 Å². The lowest BCUT2D eigenvalue weighted by Gasteiger charge is -2.36. The summed E-state index contributed by atoms with van der Waals surface area (Å²) >= 11 is 14.1. The lowest BCUT2D eigenvalue weighted by Crippen LogP contribution is -2.64. The predicted molar refractivity (Wildman–Crippen MR) is 107 cm³/mol. The molecule has 1 unspecified atom stereocenters. The van der Waals surface area contributed by atoms with Crippen molar-refractivity contribution in [3.05, 3.63) is 0 Å². The predicted octanol–water partition coefficient (Wildman–Crippen LogP) is 9.91. The molecule has 190 valence electrons. The van der Waals surface area contributed by atoms with Gasteiger partial charge >= 0.3 is 29.6 Å². The van der Waals surface area contributed by atoms with Gasteiger partial charge in [0.05, 0.1) is 0 Å². The van der Waals surface area contributed by atoms with Gasteiger partial charge in [0.2, 0.25) is 0 Å². The third-order valence-electron chi connectivity index (χ3n) is 4.19. The highest BCUT2D eigenvalue weighted by Gasteiger charge is 2.81. The minimum atomic E-state index is -6.27. The average Bonchev–Trinajstić information content (AvgIpc) is 2.60. The molecule has 0 aliphatic carbocycles. The molecule has 0 saturated heterocycles. The molecule has 0 aromatic rings. The van der Waals surface area contributed by atoms with E-state index >= 15 is 0 Å².